The average molecular weight is 372 g/mol. The van der Waals surface area contributed by atoms with Gasteiger partial charge in [-0.2, -0.15) is 0 Å². The molecule has 2 heterocycles. The summed E-state index contributed by atoms with van der Waals surface area (Å²) < 4.78 is 13.8. The van der Waals surface area contributed by atoms with E-state index in [1.807, 2.05) is 39.2 Å². The third-order valence-corrected chi connectivity index (χ3v) is 4.08. The third-order valence-electron chi connectivity index (χ3n) is 3.75. The average Bonchev–Trinajstić information content (AvgIpc) is 2.86. The van der Waals surface area contributed by atoms with Gasteiger partial charge in [-0.1, -0.05) is 29.8 Å². The molecular weight excluding hydrogens is 353 g/mol. The summed E-state index contributed by atoms with van der Waals surface area (Å²) in [5, 5.41) is 3.31. The van der Waals surface area contributed by atoms with E-state index in [0.717, 1.165) is 11.3 Å². The Morgan fingerprint density at radius 3 is 2.46 bits per heavy atom. The van der Waals surface area contributed by atoms with Crippen LogP contribution < -0.4 is 16.2 Å². The molecule has 0 saturated heterocycles. The zero-order chi connectivity index (χ0) is 18.7. The second kappa shape index (κ2) is 7.68. The number of halogens is 2. The van der Waals surface area contributed by atoms with E-state index in [9.17, 15) is 4.39 Å². The predicted octanol–water partition coefficient (Wildman–Crippen LogP) is 3.54. The Labute approximate surface area is 156 Å². The van der Waals surface area contributed by atoms with E-state index in [4.69, 9.17) is 16.6 Å². The topological polar surface area (TPSA) is 60.8 Å². The molecule has 0 bridgehead atoms. The van der Waals surface area contributed by atoms with Crippen LogP contribution in [0.25, 0.3) is 0 Å². The molecule has 7 heteroatoms. The van der Waals surface area contributed by atoms with Crippen molar-refractivity contribution in [3.8, 4) is 0 Å². The lowest BCUT2D eigenvalue weighted by atomic mass is 10.0. The predicted molar refractivity (Wildman–Crippen MR) is 105 cm³/mol. The minimum Gasteiger partial charge on any atom is -0.323 e. The quantitative estimate of drug-likeness (QED) is 0.718. The van der Waals surface area contributed by atoms with E-state index >= 15 is 0 Å². The first-order valence-corrected chi connectivity index (χ1v) is 8.47. The van der Waals surface area contributed by atoms with Crippen LogP contribution in [0.5, 0.6) is 0 Å². The van der Waals surface area contributed by atoms with Crippen LogP contribution in [0.1, 0.15) is 18.1 Å². The van der Waals surface area contributed by atoms with E-state index in [2.05, 4.69) is 21.2 Å². The highest BCUT2D eigenvalue weighted by molar-refractivity contribution is 6.36. The van der Waals surface area contributed by atoms with Gasteiger partial charge in [0.1, 0.15) is 11.5 Å². The van der Waals surface area contributed by atoms with Crippen LogP contribution in [0.2, 0.25) is 5.02 Å². The Hall–Kier alpha value is -2.70. The maximum absolute atomic E-state index is 13.8. The van der Waals surface area contributed by atoms with Crippen molar-refractivity contribution in [2.45, 2.75) is 6.92 Å². The fraction of sp³-hybridized carbons (Fsp3) is 0.158. The van der Waals surface area contributed by atoms with Crippen LogP contribution in [-0.2, 0) is 0 Å². The maximum atomic E-state index is 13.8. The lowest BCUT2D eigenvalue weighted by Gasteiger charge is -2.10. The van der Waals surface area contributed by atoms with E-state index < -0.39 is 0 Å². The van der Waals surface area contributed by atoms with Crippen molar-refractivity contribution in [2.75, 3.05) is 14.1 Å². The highest BCUT2D eigenvalue weighted by atomic mass is 35.5. The van der Waals surface area contributed by atoms with Gasteiger partial charge < -0.3 is 10.7 Å². The lowest BCUT2D eigenvalue weighted by Crippen LogP contribution is -2.27. The molecule has 2 aromatic carbocycles. The molecule has 0 aliphatic carbocycles. The first-order valence-electron chi connectivity index (χ1n) is 8.09. The molecule has 5 nitrogen and oxygen atoms in total. The molecule has 0 amide bonds. The van der Waals surface area contributed by atoms with Crippen LogP contribution in [0.3, 0.4) is 0 Å². The molecule has 0 unspecified atom stereocenters. The van der Waals surface area contributed by atoms with E-state index in [1.165, 1.54) is 12.1 Å². The molecule has 3 N–H and O–H groups in total. The van der Waals surface area contributed by atoms with E-state index in [-0.39, 0.29) is 5.82 Å². The lowest BCUT2D eigenvalue weighted by molar-refractivity contribution is 0.627. The number of hydrogen-bond acceptors (Lipinski definition) is 5. The van der Waals surface area contributed by atoms with Gasteiger partial charge in [-0.25, -0.2) is 14.4 Å². The Balaban J connectivity index is 0.000000613. The summed E-state index contributed by atoms with van der Waals surface area (Å²) in [6, 6.07) is 11.8. The molecule has 0 aromatic heterocycles. The Kier molecular flexibility index (Phi) is 5.35. The van der Waals surface area contributed by atoms with Gasteiger partial charge in [0, 0.05) is 16.1 Å². The summed E-state index contributed by atoms with van der Waals surface area (Å²) in [6.07, 6.45) is 0. The van der Waals surface area contributed by atoms with Gasteiger partial charge in [-0.15, -0.1) is 0 Å². The van der Waals surface area contributed by atoms with Gasteiger partial charge in [0.2, 0.25) is 0 Å². The number of nitrogens with zero attached hydrogens (tertiary/aromatic N) is 2. The summed E-state index contributed by atoms with van der Waals surface area (Å²) in [7, 11) is 3.75. The normalized spacial score (nSPS) is 14.7. The van der Waals surface area contributed by atoms with Crippen LogP contribution in [0.15, 0.2) is 63.8 Å². The summed E-state index contributed by atoms with van der Waals surface area (Å²) in [6.45, 7) is 1.90. The van der Waals surface area contributed by atoms with Crippen LogP contribution in [-0.4, -0.2) is 25.6 Å². The van der Waals surface area contributed by atoms with Gasteiger partial charge in [-0.3, -0.25) is 5.43 Å². The minimum atomic E-state index is -0.340. The Morgan fingerprint density at radius 1 is 1.00 bits per heavy atom. The second-order valence-electron chi connectivity index (χ2n) is 5.79. The number of rotatable bonds is 1. The number of benzene rings is 2. The van der Waals surface area contributed by atoms with Crippen molar-refractivity contribution in [3.05, 3.63) is 75.8 Å². The third kappa shape index (κ3) is 3.47. The monoisotopic (exact) mass is 371 g/mol. The molecule has 0 fully saturated rings. The summed E-state index contributed by atoms with van der Waals surface area (Å²) in [5.41, 5.74) is 10.1. The number of amidine groups is 1. The van der Waals surface area contributed by atoms with Crippen molar-refractivity contribution in [2.24, 2.45) is 9.98 Å². The number of aliphatic imine (C=N–C) groups is 2. The molecule has 2 aliphatic heterocycles. The molecule has 0 spiro atoms. The van der Waals surface area contributed by atoms with Gasteiger partial charge in [0.25, 0.3) is 0 Å². The van der Waals surface area contributed by atoms with E-state index in [1.54, 1.807) is 12.1 Å². The van der Waals surface area contributed by atoms with Gasteiger partial charge in [0.05, 0.1) is 17.1 Å². The van der Waals surface area contributed by atoms with Crippen molar-refractivity contribution in [1.29, 1.82) is 0 Å². The summed E-state index contributed by atoms with van der Waals surface area (Å²) >= 11 is 6.34. The molecular formula is C19H19ClFN5. The van der Waals surface area contributed by atoms with Crippen molar-refractivity contribution in [1.82, 2.24) is 16.2 Å². The SMILES string of the molecule is CC1=C2N=C(c3ccccc3Cl)c3cc(F)ccc3N=C2NN1.CNC. The molecule has 2 aromatic rings. The zero-order valence-electron chi connectivity index (χ0n) is 14.7. The number of allylic oxidation sites excluding steroid dienone is 1. The zero-order valence-corrected chi connectivity index (χ0v) is 15.4. The van der Waals surface area contributed by atoms with Crippen molar-refractivity contribution >= 4 is 28.8 Å². The first-order chi connectivity index (χ1) is 12.5. The number of hydrazine groups is 1. The van der Waals surface area contributed by atoms with Gasteiger partial charge >= 0.3 is 0 Å². The fourth-order valence-electron chi connectivity index (χ4n) is 2.61. The number of fused-ring (bicyclic) bond motifs is 2. The van der Waals surface area contributed by atoms with Gasteiger partial charge in [0.15, 0.2) is 5.84 Å². The van der Waals surface area contributed by atoms with Crippen molar-refractivity contribution < 1.29 is 4.39 Å². The highest BCUT2D eigenvalue weighted by Crippen LogP contribution is 2.31. The molecule has 2 aliphatic rings. The largest absolute Gasteiger partial charge is 0.323 e. The smallest absolute Gasteiger partial charge is 0.173 e. The van der Waals surface area contributed by atoms with Crippen LogP contribution in [0, 0.1) is 5.82 Å². The highest BCUT2D eigenvalue weighted by Gasteiger charge is 2.25. The summed E-state index contributed by atoms with van der Waals surface area (Å²) in [5.74, 6) is 0.268. The molecule has 0 atom stereocenters. The summed E-state index contributed by atoms with van der Waals surface area (Å²) in [4.78, 5) is 9.28. The van der Waals surface area contributed by atoms with Crippen LogP contribution in [0.4, 0.5) is 10.1 Å². The molecule has 26 heavy (non-hydrogen) atoms. The second-order valence-corrected chi connectivity index (χ2v) is 6.19. The number of hydrogen-bond donors (Lipinski definition) is 3. The van der Waals surface area contributed by atoms with E-state index in [0.29, 0.717) is 33.5 Å². The maximum Gasteiger partial charge on any atom is 0.173 e. The standard InChI is InChI=1S/C17H12ClFN4.C2H7N/c1-9-15-17(23-22-9)20-14-7-6-10(19)8-12(14)16(21-15)11-4-2-3-5-13(11)18;1-3-2/h2-8H,1H3,(H2,20,22,23);3H,1-2H3. The van der Waals surface area contributed by atoms with Crippen molar-refractivity contribution in [3.63, 3.8) is 0 Å². The van der Waals surface area contributed by atoms with Crippen LogP contribution >= 0.6 is 11.6 Å². The molecule has 0 saturated carbocycles. The van der Waals surface area contributed by atoms with Gasteiger partial charge in [-0.05, 0) is 45.3 Å². The Bertz CT molecular complexity index is 933. The molecule has 0 radical (unpaired) electrons. The molecule has 4 rings (SSSR count). The molecule has 134 valence electrons. The number of nitrogens with one attached hydrogen (secondary N) is 3. The fourth-order valence-corrected chi connectivity index (χ4v) is 2.84. The minimum absolute atomic E-state index is 0.340. The Morgan fingerprint density at radius 2 is 1.73 bits per heavy atom. The first kappa shape index (κ1) is 18.1.